The molecule has 1 atom stereocenters. The molecule has 0 amide bonds. The molecule has 88 valence electrons. The van der Waals surface area contributed by atoms with Crippen molar-refractivity contribution in [1.29, 1.82) is 0 Å². The van der Waals surface area contributed by atoms with Gasteiger partial charge in [-0.15, -0.1) is 0 Å². The second kappa shape index (κ2) is 4.67. The maximum absolute atomic E-state index is 11.1. The van der Waals surface area contributed by atoms with Gasteiger partial charge in [-0.2, -0.15) is 0 Å². The van der Waals surface area contributed by atoms with Gasteiger partial charge in [-0.05, 0) is 6.07 Å². The van der Waals surface area contributed by atoms with Crippen molar-refractivity contribution in [3.63, 3.8) is 0 Å². The summed E-state index contributed by atoms with van der Waals surface area (Å²) in [5.41, 5.74) is 0. The van der Waals surface area contributed by atoms with Crippen LogP contribution >= 0.6 is 0 Å². The Bertz CT molecular complexity index is 374. The maximum Gasteiger partial charge on any atom is 0.196 e. The lowest BCUT2D eigenvalue weighted by Gasteiger charge is -2.34. The number of carbonyl (C=O) groups is 1. The van der Waals surface area contributed by atoms with Crippen molar-refractivity contribution in [1.82, 2.24) is 0 Å². The number of ether oxygens (including phenoxy) is 1. The summed E-state index contributed by atoms with van der Waals surface area (Å²) in [6.45, 7) is 3.22. The van der Waals surface area contributed by atoms with E-state index in [-0.39, 0.29) is 18.4 Å². The van der Waals surface area contributed by atoms with Gasteiger partial charge in [0.25, 0.3) is 0 Å². The summed E-state index contributed by atoms with van der Waals surface area (Å²) in [6.07, 6.45) is 0. The molecular formula is C11H15NO4. The number of hydrogen-bond donors (Lipinski definition) is 1. The van der Waals surface area contributed by atoms with E-state index in [0.717, 1.165) is 0 Å². The predicted octanol–water partition coefficient (Wildman–Crippen LogP) is 0.680. The molecule has 16 heavy (non-hydrogen) atoms. The normalized spacial score (nSPS) is 21.1. The molecule has 1 aromatic heterocycles. The van der Waals surface area contributed by atoms with E-state index in [9.17, 15) is 9.90 Å². The van der Waals surface area contributed by atoms with Gasteiger partial charge in [0.2, 0.25) is 0 Å². The number of carbonyl (C=O) groups excluding carboxylic acids is 1. The van der Waals surface area contributed by atoms with E-state index in [1.54, 1.807) is 12.1 Å². The van der Waals surface area contributed by atoms with E-state index in [2.05, 4.69) is 0 Å². The van der Waals surface area contributed by atoms with Crippen molar-refractivity contribution in [3.05, 3.63) is 17.9 Å². The first-order valence-electron chi connectivity index (χ1n) is 5.28. The molecular weight excluding hydrogens is 210 g/mol. The third kappa shape index (κ3) is 2.10. The lowest BCUT2D eigenvalue weighted by Crippen LogP contribution is -2.47. The quantitative estimate of drug-likeness (QED) is 0.766. The molecule has 0 aliphatic carbocycles. The fourth-order valence-electron chi connectivity index (χ4n) is 1.77. The predicted molar refractivity (Wildman–Crippen MR) is 57.8 cm³/mol. The molecule has 0 saturated carbocycles. The molecule has 0 aromatic carbocycles. The number of furan rings is 1. The van der Waals surface area contributed by atoms with Crippen LogP contribution in [-0.2, 0) is 4.74 Å². The van der Waals surface area contributed by atoms with Crippen LogP contribution in [0.4, 0.5) is 5.88 Å². The Morgan fingerprint density at radius 2 is 2.44 bits per heavy atom. The number of ketones is 1. The highest BCUT2D eigenvalue weighted by atomic mass is 16.5. The lowest BCUT2D eigenvalue weighted by atomic mass is 10.2. The zero-order chi connectivity index (χ0) is 11.5. The number of rotatable bonds is 3. The summed E-state index contributed by atoms with van der Waals surface area (Å²) in [7, 11) is 0. The Labute approximate surface area is 93.6 Å². The van der Waals surface area contributed by atoms with Gasteiger partial charge >= 0.3 is 0 Å². The van der Waals surface area contributed by atoms with Crippen molar-refractivity contribution in [2.75, 3.05) is 31.3 Å². The number of aliphatic hydroxyl groups is 1. The second-order valence-electron chi connectivity index (χ2n) is 3.80. The van der Waals surface area contributed by atoms with E-state index >= 15 is 0 Å². The minimum Gasteiger partial charge on any atom is -0.437 e. The second-order valence-corrected chi connectivity index (χ2v) is 3.80. The number of aliphatic hydroxyl groups excluding tert-OH is 1. The number of Topliss-reactive ketones (excluding diaryl/α,β-unsaturated/α-hetero) is 1. The van der Waals surface area contributed by atoms with Gasteiger partial charge in [0.1, 0.15) is 0 Å². The van der Waals surface area contributed by atoms with Crippen LogP contribution in [0.1, 0.15) is 17.5 Å². The summed E-state index contributed by atoms with van der Waals surface area (Å²) in [5.74, 6) is 0.866. The average Bonchev–Trinajstić information content (AvgIpc) is 2.78. The summed E-state index contributed by atoms with van der Waals surface area (Å²) >= 11 is 0. The highest BCUT2D eigenvalue weighted by Gasteiger charge is 2.25. The lowest BCUT2D eigenvalue weighted by molar-refractivity contribution is 0.0702. The van der Waals surface area contributed by atoms with E-state index in [1.807, 2.05) is 4.90 Å². The van der Waals surface area contributed by atoms with Crippen LogP contribution in [0.15, 0.2) is 16.5 Å². The van der Waals surface area contributed by atoms with E-state index in [4.69, 9.17) is 9.15 Å². The summed E-state index contributed by atoms with van der Waals surface area (Å²) in [6, 6.07) is 3.31. The molecule has 5 heteroatoms. The molecule has 5 nitrogen and oxygen atoms in total. The Morgan fingerprint density at radius 3 is 3.06 bits per heavy atom. The zero-order valence-electron chi connectivity index (χ0n) is 9.18. The Kier molecular flexibility index (Phi) is 3.26. The Morgan fingerprint density at radius 1 is 1.62 bits per heavy atom. The number of nitrogens with zero attached hydrogens (tertiary/aromatic N) is 1. The Balaban J connectivity index is 2.17. The van der Waals surface area contributed by atoms with E-state index in [1.165, 1.54) is 6.92 Å². The first-order valence-corrected chi connectivity index (χ1v) is 5.28. The van der Waals surface area contributed by atoms with Crippen LogP contribution in [0.5, 0.6) is 0 Å². The number of anilines is 1. The summed E-state index contributed by atoms with van der Waals surface area (Å²) < 4.78 is 10.7. The zero-order valence-corrected chi connectivity index (χ0v) is 9.18. The fraction of sp³-hybridized carbons (Fsp3) is 0.545. The van der Waals surface area contributed by atoms with Crippen molar-refractivity contribution in [2.45, 2.75) is 13.0 Å². The van der Waals surface area contributed by atoms with Gasteiger partial charge in [0.05, 0.1) is 25.9 Å². The molecule has 1 saturated heterocycles. The van der Waals surface area contributed by atoms with Crippen LogP contribution in [0, 0.1) is 0 Å². The molecule has 1 aliphatic rings. The smallest absolute Gasteiger partial charge is 0.196 e. The van der Waals surface area contributed by atoms with Gasteiger partial charge in [-0.3, -0.25) is 4.79 Å². The fourth-order valence-corrected chi connectivity index (χ4v) is 1.77. The van der Waals surface area contributed by atoms with Crippen LogP contribution in [0.2, 0.25) is 0 Å². The molecule has 2 heterocycles. The van der Waals surface area contributed by atoms with Crippen LogP contribution in [-0.4, -0.2) is 43.3 Å². The average molecular weight is 225 g/mol. The largest absolute Gasteiger partial charge is 0.437 e. The molecule has 1 N–H and O–H groups in total. The molecule has 0 bridgehead atoms. The molecule has 0 spiro atoms. The monoisotopic (exact) mass is 225 g/mol. The SMILES string of the molecule is CC(=O)c1ccc(N2CCOCC2CO)o1. The molecule has 2 rings (SSSR count). The van der Waals surface area contributed by atoms with Gasteiger partial charge in [0, 0.05) is 19.5 Å². The molecule has 0 radical (unpaired) electrons. The van der Waals surface area contributed by atoms with Crippen molar-refractivity contribution >= 4 is 11.7 Å². The molecule has 1 unspecified atom stereocenters. The number of hydrogen-bond acceptors (Lipinski definition) is 5. The highest BCUT2D eigenvalue weighted by Crippen LogP contribution is 2.22. The van der Waals surface area contributed by atoms with Gasteiger partial charge in [0.15, 0.2) is 17.4 Å². The van der Waals surface area contributed by atoms with Gasteiger partial charge in [-0.25, -0.2) is 0 Å². The van der Waals surface area contributed by atoms with Crippen molar-refractivity contribution in [2.24, 2.45) is 0 Å². The minimum atomic E-state index is -0.0975. The molecule has 1 aliphatic heterocycles. The van der Waals surface area contributed by atoms with Gasteiger partial charge < -0.3 is 19.2 Å². The van der Waals surface area contributed by atoms with Crippen molar-refractivity contribution in [3.8, 4) is 0 Å². The minimum absolute atomic E-state index is 0.0100. The highest BCUT2D eigenvalue weighted by molar-refractivity contribution is 5.91. The molecule has 1 fully saturated rings. The third-order valence-electron chi connectivity index (χ3n) is 2.66. The topological polar surface area (TPSA) is 62.9 Å². The maximum atomic E-state index is 11.1. The van der Waals surface area contributed by atoms with Crippen LogP contribution in [0.3, 0.4) is 0 Å². The number of morpholine rings is 1. The third-order valence-corrected chi connectivity index (χ3v) is 2.66. The molecule has 1 aromatic rings. The van der Waals surface area contributed by atoms with E-state index in [0.29, 0.717) is 31.4 Å². The standard InChI is InChI=1S/C11H15NO4/c1-8(14)10-2-3-11(16-10)12-4-5-15-7-9(12)6-13/h2-3,9,13H,4-7H2,1H3. The summed E-state index contributed by atoms with van der Waals surface area (Å²) in [4.78, 5) is 13.0. The van der Waals surface area contributed by atoms with Crippen LogP contribution < -0.4 is 4.90 Å². The van der Waals surface area contributed by atoms with Crippen LogP contribution in [0.25, 0.3) is 0 Å². The van der Waals surface area contributed by atoms with E-state index < -0.39 is 0 Å². The van der Waals surface area contributed by atoms with Crippen molar-refractivity contribution < 1.29 is 19.1 Å². The Hall–Kier alpha value is -1.33. The first kappa shape index (κ1) is 11.2. The first-order chi connectivity index (χ1) is 7.72. The summed E-state index contributed by atoms with van der Waals surface area (Å²) in [5, 5.41) is 9.21. The van der Waals surface area contributed by atoms with Gasteiger partial charge in [-0.1, -0.05) is 0 Å².